The second-order valence-corrected chi connectivity index (χ2v) is 5.00. The molecule has 3 aromatic rings. The summed E-state index contributed by atoms with van der Waals surface area (Å²) in [7, 11) is 1.60. The number of benzene rings is 1. The molecule has 5 heteroatoms. The highest BCUT2D eigenvalue weighted by Crippen LogP contribution is 2.02. The first-order valence-corrected chi connectivity index (χ1v) is 8.61. The Morgan fingerprint density at radius 1 is 0.714 bits per heavy atom. The van der Waals surface area contributed by atoms with E-state index in [2.05, 4.69) is 15.3 Å². The standard InChI is InChI=1S/C6H7NO.C6H7N.C6H6O.C5H5N/c1-8-6-4-2-3-5-7-6;1-2-4-6-7-5-3-1;7-6-4-2-1-3-5-6;1-2-4-6-5-3-1/h2-5H,1H3;1-7H;1-5,7H;1-5H. The van der Waals surface area contributed by atoms with Gasteiger partial charge in [-0.1, -0.05) is 42.5 Å². The van der Waals surface area contributed by atoms with Gasteiger partial charge in [0.05, 0.1) is 7.11 Å². The van der Waals surface area contributed by atoms with Crippen LogP contribution in [0, 0.1) is 0 Å². The van der Waals surface area contributed by atoms with Crippen LogP contribution in [0.3, 0.4) is 0 Å². The van der Waals surface area contributed by atoms with Crippen molar-refractivity contribution < 1.29 is 9.84 Å². The maximum atomic E-state index is 8.63. The second-order valence-electron chi connectivity index (χ2n) is 5.00. The van der Waals surface area contributed by atoms with E-state index in [0.717, 1.165) is 0 Å². The number of hydrogen-bond donors (Lipinski definition) is 2. The third-order valence-electron chi connectivity index (χ3n) is 2.89. The molecule has 4 rings (SSSR count). The van der Waals surface area contributed by atoms with Crippen LogP contribution in [0.25, 0.3) is 0 Å². The Bertz CT molecular complexity index is 749. The Labute approximate surface area is 166 Å². The predicted molar refractivity (Wildman–Crippen MR) is 114 cm³/mol. The fourth-order valence-corrected chi connectivity index (χ4v) is 1.61. The van der Waals surface area contributed by atoms with Gasteiger partial charge in [0.15, 0.2) is 0 Å². The van der Waals surface area contributed by atoms with Crippen molar-refractivity contribution in [3.05, 3.63) is 122 Å². The van der Waals surface area contributed by atoms with Gasteiger partial charge in [0.25, 0.3) is 0 Å². The van der Waals surface area contributed by atoms with Crippen LogP contribution in [0.2, 0.25) is 0 Å². The maximum Gasteiger partial charge on any atom is 0.212 e. The highest BCUT2D eigenvalue weighted by atomic mass is 16.5. The molecule has 5 nitrogen and oxygen atoms in total. The summed E-state index contributed by atoms with van der Waals surface area (Å²) in [4.78, 5) is 7.66. The third kappa shape index (κ3) is 13.4. The highest BCUT2D eigenvalue weighted by Gasteiger charge is 1.82. The fraction of sp³-hybridized carbons (Fsp3) is 0.0435. The molecular formula is C23H25N3O2. The van der Waals surface area contributed by atoms with E-state index in [0.29, 0.717) is 11.6 Å². The van der Waals surface area contributed by atoms with Gasteiger partial charge < -0.3 is 15.2 Å². The Balaban J connectivity index is 0.000000188. The van der Waals surface area contributed by atoms with E-state index in [4.69, 9.17) is 9.84 Å². The summed E-state index contributed by atoms with van der Waals surface area (Å²) < 4.78 is 4.80. The number of methoxy groups -OCH3 is 1. The summed E-state index contributed by atoms with van der Waals surface area (Å²) in [6.07, 6.45) is 16.8. The fourth-order valence-electron chi connectivity index (χ4n) is 1.61. The van der Waals surface area contributed by atoms with Crippen molar-refractivity contribution in [2.45, 2.75) is 0 Å². The van der Waals surface area contributed by atoms with Gasteiger partial charge >= 0.3 is 0 Å². The molecule has 1 aliphatic rings. The van der Waals surface area contributed by atoms with Crippen LogP contribution in [-0.4, -0.2) is 22.2 Å². The lowest BCUT2D eigenvalue weighted by Crippen LogP contribution is -1.87. The number of pyridine rings is 2. The minimum Gasteiger partial charge on any atom is -0.508 e. The molecule has 28 heavy (non-hydrogen) atoms. The molecular weight excluding hydrogens is 350 g/mol. The zero-order valence-corrected chi connectivity index (χ0v) is 15.8. The Morgan fingerprint density at radius 3 is 1.64 bits per heavy atom. The van der Waals surface area contributed by atoms with Crippen LogP contribution < -0.4 is 10.1 Å². The van der Waals surface area contributed by atoms with E-state index in [-0.39, 0.29) is 0 Å². The van der Waals surface area contributed by atoms with E-state index >= 15 is 0 Å². The van der Waals surface area contributed by atoms with Crippen LogP contribution in [0.4, 0.5) is 0 Å². The number of ether oxygens (including phenoxy) is 1. The number of para-hydroxylation sites is 1. The van der Waals surface area contributed by atoms with Crippen molar-refractivity contribution in [1.29, 1.82) is 0 Å². The van der Waals surface area contributed by atoms with Gasteiger partial charge in [-0.15, -0.1) is 0 Å². The van der Waals surface area contributed by atoms with Gasteiger partial charge in [-0.3, -0.25) is 4.98 Å². The average molecular weight is 375 g/mol. The summed E-state index contributed by atoms with van der Waals surface area (Å²) >= 11 is 0. The molecule has 144 valence electrons. The molecule has 0 bridgehead atoms. The summed E-state index contributed by atoms with van der Waals surface area (Å²) in [5.74, 6) is 0.981. The molecule has 0 aliphatic carbocycles. The van der Waals surface area contributed by atoms with E-state index in [9.17, 15) is 0 Å². The minimum absolute atomic E-state index is 0.322. The number of nitrogens with zero attached hydrogens (tertiary/aromatic N) is 2. The number of rotatable bonds is 1. The van der Waals surface area contributed by atoms with Crippen molar-refractivity contribution in [2.24, 2.45) is 0 Å². The SMILES string of the molecule is C1=CC=CNC=C1.COc1ccccn1.Oc1ccccc1.c1ccncc1. The van der Waals surface area contributed by atoms with Crippen molar-refractivity contribution in [2.75, 3.05) is 7.11 Å². The monoisotopic (exact) mass is 375 g/mol. The maximum absolute atomic E-state index is 8.63. The molecule has 2 aromatic heterocycles. The van der Waals surface area contributed by atoms with E-state index in [1.807, 2.05) is 73.1 Å². The van der Waals surface area contributed by atoms with Crippen molar-refractivity contribution in [3.8, 4) is 11.6 Å². The molecule has 0 amide bonds. The number of nitrogens with one attached hydrogen (secondary N) is 1. The second kappa shape index (κ2) is 16.6. The van der Waals surface area contributed by atoms with Gasteiger partial charge in [0, 0.05) is 37.1 Å². The molecule has 0 saturated heterocycles. The summed E-state index contributed by atoms with van der Waals surface area (Å²) in [6.45, 7) is 0. The van der Waals surface area contributed by atoms with E-state index < -0.39 is 0 Å². The number of allylic oxidation sites excluding steroid dienone is 4. The summed E-state index contributed by atoms with van der Waals surface area (Å²) in [6, 6.07) is 20.0. The van der Waals surface area contributed by atoms with Crippen LogP contribution in [0.5, 0.6) is 11.6 Å². The molecule has 2 N–H and O–H groups in total. The van der Waals surface area contributed by atoms with Gasteiger partial charge in [0.2, 0.25) is 5.88 Å². The first-order valence-electron chi connectivity index (χ1n) is 8.61. The van der Waals surface area contributed by atoms with Gasteiger partial charge in [-0.2, -0.15) is 0 Å². The predicted octanol–water partition coefficient (Wildman–Crippen LogP) is 4.74. The minimum atomic E-state index is 0.322. The first-order chi connectivity index (χ1) is 13.8. The van der Waals surface area contributed by atoms with Crippen molar-refractivity contribution in [1.82, 2.24) is 15.3 Å². The van der Waals surface area contributed by atoms with Gasteiger partial charge in [-0.05, 0) is 42.5 Å². The number of hydrogen-bond acceptors (Lipinski definition) is 5. The molecule has 1 aliphatic heterocycles. The average Bonchev–Trinajstić information content (AvgIpc) is 3.11. The van der Waals surface area contributed by atoms with Crippen LogP contribution in [0.15, 0.2) is 122 Å². The lowest BCUT2D eigenvalue weighted by atomic mass is 10.3. The van der Waals surface area contributed by atoms with Crippen molar-refractivity contribution in [3.63, 3.8) is 0 Å². The zero-order chi connectivity index (χ0) is 20.1. The Kier molecular flexibility index (Phi) is 13.2. The van der Waals surface area contributed by atoms with Crippen molar-refractivity contribution >= 4 is 0 Å². The first kappa shape index (κ1) is 22.2. The molecule has 0 radical (unpaired) electrons. The van der Waals surface area contributed by atoms with Crippen LogP contribution in [-0.2, 0) is 0 Å². The third-order valence-corrected chi connectivity index (χ3v) is 2.89. The molecule has 1 aromatic carbocycles. The smallest absolute Gasteiger partial charge is 0.212 e. The van der Waals surface area contributed by atoms with E-state index in [1.165, 1.54) is 0 Å². The number of phenols is 1. The Morgan fingerprint density at radius 2 is 1.29 bits per heavy atom. The van der Waals surface area contributed by atoms with Crippen LogP contribution in [0.1, 0.15) is 0 Å². The van der Waals surface area contributed by atoms with E-state index in [1.54, 1.807) is 56.0 Å². The zero-order valence-electron chi connectivity index (χ0n) is 15.8. The largest absolute Gasteiger partial charge is 0.508 e. The van der Waals surface area contributed by atoms with Gasteiger partial charge in [-0.25, -0.2) is 4.98 Å². The number of phenolic OH excluding ortho intramolecular Hbond substituents is 1. The lowest BCUT2D eigenvalue weighted by molar-refractivity contribution is 0.398. The normalized spacial score (nSPS) is 10.3. The molecule has 0 spiro atoms. The number of aromatic nitrogens is 2. The van der Waals surface area contributed by atoms with Gasteiger partial charge in [0.1, 0.15) is 5.75 Å². The molecule has 3 heterocycles. The molecule has 0 saturated carbocycles. The Hall–Kier alpha value is -3.86. The molecule has 0 unspecified atom stereocenters. The highest BCUT2D eigenvalue weighted by molar-refractivity contribution is 5.18. The lowest BCUT2D eigenvalue weighted by Gasteiger charge is -1.92. The summed E-state index contributed by atoms with van der Waals surface area (Å²) in [5, 5.41) is 11.6. The summed E-state index contributed by atoms with van der Waals surface area (Å²) in [5.41, 5.74) is 0. The quantitative estimate of drug-likeness (QED) is 0.643. The molecule has 0 atom stereocenters. The number of aromatic hydroxyl groups is 1. The topological polar surface area (TPSA) is 67.3 Å². The molecule has 0 fully saturated rings. The van der Waals surface area contributed by atoms with Crippen LogP contribution >= 0.6 is 0 Å².